The first kappa shape index (κ1) is 12.0. The molecular weight excluding hydrogens is 206 g/mol. The van der Waals surface area contributed by atoms with Crippen LogP contribution in [0.1, 0.15) is 31.7 Å². The lowest BCUT2D eigenvalue weighted by Crippen LogP contribution is -2.02. The monoisotopic (exact) mass is 227 g/mol. The van der Waals surface area contributed by atoms with Crippen LogP contribution in [0.15, 0.2) is 36.4 Å². The normalized spacial score (nSPS) is 10.7. The van der Waals surface area contributed by atoms with Gasteiger partial charge in [-0.15, -0.1) is 0 Å². The Morgan fingerprint density at radius 2 is 1.82 bits per heavy atom. The molecule has 1 heteroatoms. The van der Waals surface area contributed by atoms with Gasteiger partial charge in [-0.05, 0) is 35.7 Å². The highest BCUT2D eigenvalue weighted by atomic mass is 14.9. The number of fused-ring (bicyclic) bond motifs is 1. The molecule has 2 aromatic carbocycles. The molecule has 1 nitrogen and oxygen atoms in total. The predicted octanol–water partition coefficient (Wildman–Crippen LogP) is 4.75. The molecule has 90 valence electrons. The number of unbranched alkanes of at least 4 members (excludes halogenated alkanes) is 2. The van der Waals surface area contributed by atoms with Gasteiger partial charge < -0.3 is 5.32 Å². The minimum absolute atomic E-state index is 1.08. The van der Waals surface area contributed by atoms with E-state index in [1.807, 2.05) is 0 Å². The van der Waals surface area contributed by atoms with Crippen LogP contribution in [-0.4, -0.2) is 6.54 Å². The summed E-state index contributed by atoms with van der Waals surface area (Å²) in [5, 5.41) is 6.22. The molecule has 0 unspecified atom stereocenters. The lowest BCUT2D eigenvalue weighted by atomic mass is 10.0. The van der Waals surface area contributed by atoms with Crippen LogP contribution in [0.2, 0.25) is 0 Å². The maximum atomic E-state index is 3.54. The van der Waals surface area contributed by atoms with Gasteiger partial charge in [-0.2, -0.15) is 0 Å². The van der Waals surface area contributed by atoms with E-state index in [2.05, 4.69) is 55.6 Å². The van der Waals surface area contributed by atoms with Crippen LogP contribution in [0.5, 0.6) is 0 Å². The Balaban J connectivity index is 2.15. The molecule has 17 heavy (non-hydrogen) atoms. The third-order valence-corrected chi connectivity index (χ3v) is 3.29. The number of nitrogens with one attached hydrogen (secondary N) is 1. The van der Waals surface area contributed by atoms with E-state index in [0.29, 0.717) is 0 Å². The molecule has 0 saturated heterocycles. The van der Waals surface area contributed by atoms with Gasteiger partial charge in [-0.25, -0.2) is 0 Å². The van der Waals surface area contributed by atoms with Crippen molar-refractivity contribution in [1.82, 2.24) is 0 Å². The summed E-state index contributed by atoms with van der Waals surface area (Å²) in [6.07, 6.45) is 3.83. The average Bonchev–Trinajstić information content (AvgIpc) is 2.37. The molecule has 2 rings (SSSR count). The summed E-state index contributed by atoms with van der Waals surface area (Å²) in [6, 6.07) is 13.0. The van der Waals surface area contributed by atoms with Crippen molar-refractivity contribution in [3.8, 4) is 0 Å². The van der Waals surface area contributed by atoms with Crippen molar-refractivity contribution < 1.29 is 0 Å². The molecule has 2 aromatic rings. The highest BCUT2D eigenvalue weighted by Crippen LogP contribution is 2.25. The fourth-order valence-corrected chi connectivity index (χ4v) is 2.22. The fourth-order valence-electron chi connectivity index (χ4n) is 2.22. The van der Waals surface area contributed by atoms with Crippen LogP contribution in [-0.2, 0) is 0 Å². The van der Waals surface area contributed by atoms with Crippen molar-refractivity contribution >= 4 is 16.5 Å². The third kappa shape index (κ3) is 2.79. The topological polar surface area (TPSA) is 12.0 Å². The Morgan fingerprint density at radius 1 is 1.00 bits per heavy atom. The first-order valence-electron chi connectivity index (χ1n) is 6.55. The Labute approximate surface area is 104 Å². The quantitative estimate of drug-likeness (QED) is 0.727. The van der Waals surface area contributed by atoms with E-state index in [4.69, 9.17) is 0 Å². The van der Waals surface area contributed by atoms with Crippen LogP contribution in [0.3, 0.4) is 0 Å². The van der Waals surface area contributed by atoms with E-state index in [1.165, 1.54) is 41.3 Å². The van der Waals surface area contributed by atoms with Gasteiger partial charge in [0.05, 0.1) is 0 Å². The fraction of sp³-hybridized carbons (Fsp3) is 0.375. The maximum Gasteiger partial charge on any atom is 0.0376 e. The van der Waals surface area contributed by atoms with Gasteiger partial charge in [0.1, 0.15) is 0 Å². The first-order valence-corrected chi connectivity index (χ1v) is 6.55. The standard InChI is InChI=1S/C16H21N/c1-3-4-7-12-17-16-11-10-14-8-5-6-9-15(14)13(16)2/h5-6,8-11,17H,3-4,7,12H2,1-2H3. The van der Waals surface area contributed by atoms with E-state index >= 15 is 0 Å². The molecule has 0 atom stereocenters. The van der Waals surface area contributed by atoms with Gasteiger partial charge >= 0.3 is 0 Å². The van der Waals surface area contributed by atoms with Crippen molar-refractivity contribution in [1.29, 1.82) is 0 Å². The summed E-state index contributed by atoms with van der Waals surface area (Å²) in [4.78, 5) is 0. The summed E-state index contributed by atoms with van der Waals surface area (Å²) >= 11 is 0. The minimum atomic E-state index is 1.08. The molecule has 1 N–H and O–H groups in total. The van der Waals surface area contributed by atoms with Crippen molar-refractivity contribution in [2.75, 3.05) is 11.9 Å². The number of anilines is 1. The number of hydrogen-bond donors (Lipinski definition) is 1. The molecule has 0 saturated carbocycles. The summed E-state index contributed by atoms with van der Waals surface area (Å²) in [5.41, 5.74) is 2.64. The van der Waals surface area contributed by atoms with Gasteiger partial charge in [0.2, 0.25) is 0 Å². The summed E-state index contributed by atoms with van der Waals surface area (Å²) in [7, 11) is 0. The van der Waals surface area contributed by atoms with E-state index in [-0.39, 0.29) is 0 Å². The summed E-state index contributed by atoms with van der Waals surface area (Å²) < 4.78 is 0. The molecule has 0 aliphatic rings. The van der Waals surface area contributed by atoms with Gasteiger partial charge in [-0.1, -0.05) is 50.1 Å². The minimum Gasteiger partial charge on any atom is -0.385 e. The second kappa shape index (κ2) is 5.72. The van der Waals surface area contributed by atoms with E-state index < -0.39 is 0 Å². The second-order valence-corrected chi connectivity index (χ2v) is 4.59. The van der Waals surface area contributed by atoms with E-state index in [0.717, 1.165) is 6.54 Å². The lowest BCUT2D eigenvalue weighted by molar-refractivity contribution is 0.743. The Bertz CT molecular complexity index is 488. The molecule has 0 spiro atoms. The molecule has 0 amide bonds. The van der Waals surface area contributed by atoms with Gasteiger partial charge in [0, 0.05) is 12.2 Å². The summed E-state index contributed by atoms with van der Waals surface area (Å²) in [5.74, 6) is 0. The average molecular weight is 227 g/mol. The second-order valence-electron chi connectivity index (χ2n) is 4.59. The molecule has 0 aliphatic carbocycles. The number of hydrogen-bond acceptors (Lipinski definition) is 1. The lowest BCUT2D eigenvalue weighted by Gasteiger charge is -2.11. The Kier molecular flexibility index (Phi) is 4.03. The zero-order valence-electron chi connectivity index (χ0n) is 10.8. The molecule has 0 radical (unpaired) electrons. The highest BCUT2D eigenvalue weighted by Gasteiger charge is 2.01. The van der Waals surface area contributed by atoms with E-state index in [9.17, 15) is 0 Å². The van der Waals surface area contributed by atoms with Gasteiger partial charge in [-0.3, -0.25) is 0 Å². The molecule has 0 bridgehead atoms. The SMILES string of the molecule is CCCCCNc1ccc2ccccc2c1C. The molecule has 0 heterocycles. The maximum absolute atomic E-state index is 3.54. The van der Waals surface area contributed by atoms with Gasteiger partial charge in [0.25, 0.3) is 0 Å². The van der Waals surface area contributed by atoms with E-state index in [1.54, 1.807) is 0 Å². The molecule has 0 aliphatic heterocycles. The first-order chi connectivity index (χ1) is 8.33. The Morgan fingerprint density at radius 3 is 2.65 bits per heavy atom. The van der Waals surface area contributed by atoms with Crippen molar-refractivity contribution in [3.05, 3.63) is 42.0 Å². The van der Waals surface area contributed by atoms with Crippen LogP contribution in [0.25, 0.3) is 10.8 Å². The van der Waals surface area contributed by atoms with Crippen LogP contribution in [0.4, 0.5) is 5.69 Å². The number of rotatable bonds is 5. The summed E-state index contributed by atoms with van der Waals surface area (Å²) in [6.45, 7) is 5.51. The largest absolute Gasteiger partial charge is 0.385 e. The molecule has 0 aromatic heterocycles. The zero-order valence-corrected chi connectivity index (χ0v) is 10.8. The number of aryl methyl sites for hydroxylation is 1. The van der Waals surface area contributed by atoms with Crippen LogP contribution >= 0.6 is 0 Å². The van der Waals surface area contributed by atoms with Crippen molar-refractivity contribution in [2.24, 2.45) is 0 Å². The molecular formula is C16H21N. The van der Waals surface area contributed by atoms with Gasteiger partial charge in [0.15, 0.2) is 0 Å². The smallest absolute Gasteiger partial charge is 0.0376 e. The predicted molar refractivity (Wildman–Crippen MR) is 76.7 cm³/mol. The number of benzene rings is 2. The Hall–Kier alpha value is -1.50. The zero-order chi connectivity index (χ0) is 12.1. The van der Waals surface area contributed by atoms with Crippen LogP contribution in [0, 0.1) is 6.92 Å². The van der Waals surface area contributed by atoms with Crippen LogP contribution < -0.4 is 5.32 Å². The highest BCUT2D eigenvalue weighted by molar-refractivity contribution is 5.89. The van der Waals surface area contributed by atoms with Crippen molar-refractivity contribution in [3.63, 3.8) is 0 Å². The van der Waals surface area contributed by atoms with Crippen molar-refractivity contribution in [2.45, 2.75) is 33.1 Å². The third-order valence-electron chi connectivity index (χ3n) is 3.29. The molecule has 0 fully saturated rings.